The van der Waals surface area contributed by atoms with Gasteiger partial charge in [-0.05, 0) is 60.2 Å². The number of sulfonamides is 1. The minimum absolute atomic E-state index is 0.0383. The fraction of sp³-hybridized carbons (Fsp3) is 0.0370. The van der Waals surface area contributed by atoms with Crippen LogP contribution in [-0.4, -0.2) is 18.4 Å². The monoisotopic (exact) mass is 515 g/mol. The molecule has 2 heterocycles. The quantitative estimate of drug-likeness (QED) is 0.245. The van der Waals surface area contributed by atoms with E-state index in [0.717, 1.165) is 15.4 Å². The molecule has 0 atom stereocenters. The molecule has 7 nitrogen and oxygen atoms in total. The van der Waals surface area contributed by atoms with Gasteiger partial charge in [-0.25, -0.2) is 17.7 Å². The molecular formula is C27H18ClN3O4S. The minimum atomic E-state index is -4.04. The van der Waals surface area contributed by atoms with Gasteiger partial charge in [-0.1, -0.05) is 54.1 Å². The van der Waals surface area contributed by atoms with E-state index in [2.05, 4.69) is 9.97 Å². The maximum Gasteiger partial charge on any atom is 0.313 e. The van der Waals surface area contributed by atoms with E-state index in [1.165, 1.54) is 12.1 Å². The highest BCUT2D eigenvalue weighted by Crippen LogP contribution is 2.31. The van der Waals surface area contributed by atoms with Crippen molar-refractivity contribution in [3.8, 4) is 11.5 Å². The summed E-state index contributed by atoms with van der Waals surface area (Å²) >= 11 is 6.09. The number of para-hydroxylation sites is 2. The van der Waals surface area contributed by atoms with Gasteiger partial charge >= 0.3 is 6.01 Å². The predicted octanol–water partition coefficient (Wildman–Crippen LogP) is 6.68. The summed E-state index contributed by atoms with van der Waals surface area (Å²) in [5.74, 6) is 0.414. The second-order valence-electron chi connectivity index (χ2n) is 8.12. The van der Waals surface area contributed by atoms with Gasteiger partial charge in [0, 0.05) is 10.6 Å². The predicted molar refractivity (Wildman–Crippen MR) is 138 cm³/mol. The number of hydrogen-bond donors (Lipinski definition) is 0. The molecule has 4 aromatic carbocycles. The van der Waals surface area contributed by atoms with Crippen LogP contribution < -0.4 is 4.31 Å². The van der Waals surface area contributed by atoms with Crippen LogP contribution in [0.2, 0.25) is 5.02 Å². The SMILES string of the molecule is O=S(=O)(c1ccc(-c2nc3ccccc3o2)cc1)N(Cc1ccccc1)c1nc2cc(Cl)ccc2o1. The number of nitrogens with zero attached hydrogens (tertiary/aromatic N) is 3. The van der Waals surface area contributed by atoms with Crippen molar-refractivity contribution in [2.45, 2.75) is 11.4 Å². The molecule has 6 aromatic rings. The molecule has 6 rings (SSSR count). The number of oxazole rings is 2. The number of rotatable bonds is 6. The Labute approximate surface area is 211 Å². The zero-order valence-corrected chi connectivity index (χ0v) is 20.3. The molecule has 0 N–H and O–H groups in total. The number of fused-ring (bicyclic) bond motifs is 2. The summed E-state index contributed by atoms with van der Waals surface area (Å²) in [4.78, 5) is 8.99. The van der Waals surface area contributed by atoms with Crippen LogP contribution in [0.3, 0.4) is 0 Å². The summed E-state index contributed by atoms with van der Waals surface area (Å²) in [6.45, 7) is 0.0383. The van der Waals surface area contributed by atoms with Gasteiger partial charge in [0.15, 0.2) is 11.2 Å². The Hall–Kier alpha value is -4.14. The van der Waals surface area contributed by atoms with E-state index in [0.29, 0.717) is 33.2 Å². The van der Waals surface area contributed by atoms with Crippen molar-refractivity contribution < 1.29 is 17.3 Å². The average molecular weight is 516 g/mol. The Morgan fingerprint density at radius 2 is 1.47 bits per heavy atom. The van der Waals surface area contributed by atoms with Crippen LogP contribution in [0, 0.1) is 0 Å². The first-order valence-electron chi connectivity index (χ1n) is 11.1. The van der Waals surface area contributed by atoms with Crippen LogP contribution in [0.4, 0.5) is 6.01 Å². The van der Waals surface area contributed by atoms with Crippen LogP contribution in [0.25, 0.3) is 33.7 Å². The molecule has 0 aliphatic heterocycles. The maximum atomic E-state index is 13.8. The molecule has 178 valence electrons. The smallest absolute Gasteiger partial charge is 0.313 e. The van der Waals surface area contributed by atoms with Crippen molar-refractivity contribution in [1.82, 2.24) is 9.97 Å². The third-order valence-corrected chi connectivity index (χ3v) is 7.67. The normalized spacial score (nSPS) is 11.8. The molecule has 0 radical (unpaired) electrons. The highest BCUT2D eigenvalue weighted by Gasteiger charge is 2.29. The van der Waals surface area contributed by atoms with Gasteiger partial charge in [-0.3, -0.25) is 0 Å². The van der Waals surface area contributed by atoms with E-state index in [9.17, 15) is 8.42 Å². The van der Waals surface area contributed by atoms with Gasteiger partial charge in [-0.2, -0.15) is 4.98 Å². The van der Waals surface area contributed by atoms with Crippen molar-refractivity contribution in [2.24, 2.45) is 0 Å². The zero-order valence-electron chi connectivity index (χ0n) is 18.7. The molecule has 0 aliphatic carbocycles. The molecule has 0 saturated carbocycles. The van der Waals surface area contributed by atoms with E-state index in [1.54, 1.807) is 30.3 Å². The van der Waals surface area contributed by atoms with Crippen molar-refractivity contribution in [2.75, 3.05) is 4.31 Å². The lowest BCUT2D eigenvalue weighted by Gasteiger charge is -2.20. The van der Waals surface area contributed by atoms with Gasteiger partial charge < -0.3 is 8.83 Å². The first-order valence-corrected chi connectivity index (χ1v) is 12.9. The van der Waals surface area contributed by atoms with Gasteiger partial charge in [0.1, 0.15) is 11.0 Å². The van der Waals surface area contributed by atoms with Gasteiger partial charge in [-0.15, -0.1) is 0 Å². The molecule has 2 aromatic heterocycles. The van der Waals surface area contributed by atoms with Crippen molar-refractivity contribution in [3.63, 3.8) is 0 Å². The summed E-state index contributed by atoms with van der Waals surface area (Å²) in [6.07, 6.45) is 0. The molecule has 0 saturated heterocycles. The lowest BCUT2D eigenvalue weighted by molar-refractivity contribution is 0.564. The van der Waals surface area contributed by atoms with E-state index in [-0.39, 0.29) is 17.5 Å². The fourth-order valence-electron chi connectivity index (χ4n) is 3.89. The minimum Gasteiger partial charge on any atom is -0.436 e. The number of anilines is 1. The fourth-order valence-corrected chi connectivity index (χ4v) is 5.40. The Kier molecular flexibility index (Phi) is 5.47. The van der Waals surface area contributed by atoms with Crippen LogP contribution in [0.1, 0.15) is 5.56 Å². The summed E-state index contributed by atoms with van der Waals surface area (Å²) in [5.41, 5.74) is 3.75. The molecule has 36 heavy (non-hydrogen) atoms. The third kappa shape index (κ3) is 4.10. The Morgan fingerprint density at radius 1 is 0.750 bits per heavy atom. The molecule has 0 unspecified atom stereocenters. The number of aromatic nitrogens is 2. The second-order valence-corrected chi connectivity index (χ2v) is 10.4. The van der Waals surface area contributed by atoms with E-state index in [4.69, 9.17) is 20.4 Å². The Bertz CT molecular complexity index is 1760. The van der Waals surface area contributed by atoms with E-state index >= 15 is 0 Å². The van der Waals surface area contributed by atoms with Crippen LogP contribution in [0.15, 0.2) is 111 Å². The molecule has 9 heteroatoms. The Morgan fingerprint density at radius 3 is 2.25 bits per heavy atom. The topological polar surface area (TPSA) is 89.4 Å². The van der Waals surface area contributed by atoms with Gasteiger partial charge in [0.2, 0.25) is 5.89 Å². The van der Waals surface area contributed by atoms with Crippen molar-refractivity contribution in [3.05, 3.63) is 108 Å². The molecule has 0 spiro atoms. The molecule has 0 aliphatic rings. The molecular weight excluding hydrogens is 498 g/mol. The Balaban J connectivity index is 1.40. The zero-order chi connectivity index (χ0) is 24.7. The lowest BCUT2D eigenvalue weighted by Crippen LogP contribution is -2.30. The van der Waals surface area contributed by atoms with Gasteiger partial charge in [0.25, 0.3) is 10.0 Å². The molecule has 0 fully saturated rings. The van der Waals surface area contributed by atoms with Crippen molar-refractivity contribution in [1.29, 1.82) is 0 Å². The van der Waals surface area contributed by atoms with Crippen LogP contribution >= 0.6 is 11.6 Å². The molecule has 0 bridgehead atoms. The summed E-state index contributed by atoms with van der Waals surface area (Å²) in [7, 11) is -4.04. The van der Waals surface area contributed by atoms with Crippen molar-refractivity contribution >= 4 is 49.8 Å². The highest BCUT2D eigenvalue weighted by molar-refractivity contribution is 7.92. The first-order chi connectivity index (χ1) is 17.5. The third-order valence-electron chi connectivity index (χ3n) is 5.70. The summed E-state index contributed by atoms with van der Waals surface area (Å²) in [6, 6.07) is 28.0. The highest BCUT2D eigenvalue weighted by atomic mass is 35.5. The number of halogens is 1. The summed E-state index contributed by atoms with van der Waals surface area (Å²) in [5, 5.41) is 0.481. The number of hydrogen-bond acceptors (Lipinski definition) is 6. The standard InChI is InChI=1S/C27H18ClN3O4S/c28-20-12-15-25-23(16-20)30-27(35-25)31(17-18-6-2-1-3-7-18)36(32,33)21-13-10-19(11-14-21)26-29-22-8-4-5-9-24(22)34-26/h1-16H,17H2. The molecule has 0 amide bonds. The lowest BCUT2D eigenvalue weighted by atomic mass is 10.2. The van der Waals surface area contributed by atoms with E-state index in [1.807, 2.05) is 54.6 Å². The van der Waals surface area contributed by atoms with Crippen LogP contribution in [0.5, 0.6) is 0 Å². The average Bonchev–Trinajstić information content (AvgIpc) is 3.52. The van der Waals surface area contributed by atoms with Gasteiger partial charge in [0.05, 0.1) is 11.4 Å². The summed E-state index contributed by atoms with van der Waals surface area (Å²) < 4.78 is 40.5. The van der Waals surface area contributed by atoms with Crippen LogP contribution in [-0.2, 0) is 16.6 Å². The first kappa shape index (κ1) is 22.3. The number of benzene rings is 4. The van der Waals surface area contributed by atoms with E-state index < -0.39 is 10.0 Å². The largest absolute Gasteiger partial charge is 0.436 e. The second kappa shape index (κ2) is 8.82. The maximum absolute atomic E-state index is 13.8.